The number of rotatable bonds is 2. The molecule has 140 valence electrons. The van der Waals surface area contributed by atoms with Gasteiger partial charge >= 0.3 is 0 Å². The highest BCUT2D eigenvalue weighted by Gasteiger charge is 2.30. The summed E-state index contributed by atoms with van der Waals surface area (Å²) >= 11 is 4.15. The van der Waals surface area contributed by atoms with E-state index in [9.17, 15) is 20.6 Å². The standard InChI is InChI=1S/C13H9N5O2S.C5H11N/c14-5-9-11(10(6-15)13(21)17-12(9)16)7-1-3-8(4-2-7)18(19)20;1-2-4-6-5-3-1/h1-4,11,17,21H,16H2;6H,1-5H2. The van der Waals surface area contributed by atoms with Gasteiger partial charge in [0.25, 0.3) is 5.69 Å². The second kappa shape index (κ2) is 9.62. The highest BCUT2D eigenvalue weighted by atomic mass is 32.1. The Morgan fingerprint density at radius 3 is 2.11 bits per heavy atom. The van der Waals surface area contributed by atoms with E-state index in [0.29, 0.717) is 5.56 Å². The number of nitrogens with zero attached hydrogens (tertiary/aromatic N) is 3. The minimum atomic E-state index is -0.686. The number of nitrogens with one attached hydrogen (secondary N) is 2. The summed E-state index contributed by atoms with van der Waals surface area (Å²) in [5.74, 6) is -0.570. The van der Waals surface area contributed by atoms with Crippen LogP contribution in [0, 0.1) is 32.8 Å². The van der Waals surface area contributed by atoms with Crippen molar-refractivity contribution in [3.8, 4) is 12.1 Å². The number of benzene rings is 1. The van der Waals surface area contributed by atoms with Crippen LogP contribution < -0.4 is 16.4 Å². The monoisotopic (exact) mass is 384 g/mol. The quantitative estimate of drug-likeness (QED) is 0.348. The minimum absolute atomic E-state index is 0.0725. The van der Waals surface area contributed by atoms with Gasteiger partial charge in [0.1, 0.15) is 5.82 Å². The highest BCUT2D eigenvalue weighted by molar-refractivity contribution is 7.84. The zero-order valence-corrected chi connectivity index (χ0v) is 15.5. The van der Waals surface area contributed by atoms with Crippen LogP contribution in [0.15, 0.2) is 46.3 Å². The zero-order valence-electron chi connectivity index (χ0n) is 14.6. The molecule has 27 heavy (non-hydrogen) atoms. The Morgan fingerprint density at radius 2 is 1.70 bits per heavy atom. The number of non-ortho nitro benzene ring substituents is 1. The second-order valence-corrected chi connectivity index (χ2v) is 6.48. The maximum absolute atomic E-state index is 10.7. The number of thiol groups is 1. The molecule has 1 aromatic rings. The number of allylic oxidation sites excluding steroid dienone is 2. The number of nitriles is 2. The Balaban J connectivity index is 0.000000369. The van der Waals surface area contributed by atoms with Crippen molar-refractivity contribution in [3.05, 3.63) is 61.9 Å². The van der Waals surface area contributed by atoms with Gasteiger partial charge in [0.2, 0.25) is 0 Å². The molecule has 0 saturated carbocycles. The lowest BCUT2D eigenvalue weighted by atomic mass is 9.84. The molecule has 2 aliphatic heterocycles. The van der Waals surface area contributed by atoms with Crippen molar-refractivity contribution in [2.45, 2.75) is 25.2 Å². The number of piperidine rings is 1. The molecule has 0 bridgehead atoms. The highest BCUT2D eigenvalue weighted by Crippen LogP contribution is 2.37. The number of hydrogen-bond acceptors (Lipinski definition) is 8. The van der Waals surface area contributed by atoms with Crippen molar-refractivity contribution in [3.63, 3.8) is 0 Å². The third-order valence-corrected chi connectivity index (χ3v) is 4.61. The van der Waals surface area contributed by atoms with Crippen LogP contribution in [-0.2, 0) is 0 Å². The van der Waals surface area contributed by atoms with Crippen LogP contribution in [0.4, 0.5) is 5.69 Å². The van der Waals surface area contributed by atoms with E-state index in [4.69, 9.17) is 5.73 Å². The van der Waals surface area contributed by atoms with Crippen molar-refractivity contribution >= 4 is 18.3 Å². The summed E-state index contributed by atoms with van der Waals surface area (Å²) < 4.78 is 0. The Bertz CT molecular complexity index is 797. The fourth-order valence-electron chi connectivity index (χ4n) is 2.86. The largest absolute Gasteiger partial charge is 0.384 e. The van der Waals surface area contributed by atoms with Crippen molar-refractivity contribution < 1.29 is 4.92 Å². The van der Waals surface area contributed by atoms with Gasteiger partial charge in [-0.05, 0) is 31.5 Å². The van der Waals surface area contributed by atoms with Gasteiger partial charge in [-0.3, -0.25) is 10.1 Å². The van der Waals surface area contributed by atoms with Crippen LogP contribution in [0.1, 0.15) is 30.7 Å². The lowest BCUT2D eigenvalue weighted by Gasteiger charge is -2.24. The summed E-state index contributed by atoms with van der Waals surface area (Å²) in [6, 6.07) is 9.58. The van der Waals surface area contributed by atoms with Crippen molar-refractivity contribution in [1.29, 1.82) is 10.5 Å². The number of nitro groups is 1. The average Bonchev–Trinajstić information content (AvgIpc) is 2.69. The molecule has 1 saturated heterocycles. The van der Waals surface area contributed by atoms with E-state index in [-0.39, 0.29) is 27.7 Å². The van der Waals surface area contributed by atoms with E-state index in [1.165, 1.54) is 56.6 Å². The van der Waals surface area contributed by atoms with E-state index in [1.54, 1.807) is 0 Å². The number of nitro benzene ring substituents is 1. The summed E-state index contributed by atoms with van der Waals surface area (Å²) in [4.78, 5) is 10.2. The van der Waals surface area contributed by atoms with Gasteiger partial charge in [0.05, 0.1) is 39.2 Å². The Morgan fingerprint density at radius 1 is 1.11 bits per heavy atom. The third-order valence-electron chi connectivity index (χ3n) is 4.26. The Hall–Kier alpha value is -3.01. The summed E-state index contributed by atoms with van der Waals surface area (Å²) in [5.41, 5.74) is 6.65. The molecule has 4 N–H and O–H groups in total. The van der Waals surface area contributed by atoms with Gasteiger partial charge in [-0.25, -0.2) is 0 Å². The topological polar surface area (TPSA) is 141 Å². The van der Waals surface area contributed by atoms with Crippen molar-refractivity contribution in [1.82, 2.24) is 10.6 Å². The van der Waals surface area contributed by atoms with E-state index in [1.807, 2.05) is 12.1 Å². The Labute approximate surface area is 162 Å². The first kappa shape index (κ1) is 20.3. The average molecular weight is 384 g/mol. The molecule has 3 rings (SSSR count). The minimum Gasteiger partial charge on any atom is -0.384 e. The van der Waals surface area contributed by atoms with Gasteiger partial charge in [-0.15, -0.1) is 12.6 Å². The van der Waals surface area contributed by atoms with Gasteiger partial charge in [0.15, 0.2) is 0 Å². The second-order valence-electron chi connectivity index (χ2n) is 6.03. The molecule has 2 heterocycles. The van der Waals surface area contributed by atoms with Gasteiger partial charge in [-0.1, -0.05) is 18.6 Å². The van der Waals surface area contributed by atoms with Crippen molar-refractivity contribution in [2.75, 3.05) is 13.1 Å². The first-order valence-electron chi connectivity index (χ1n) is 8.44. The molecule has 9 heteroatoms. The molecular formula is C18H20N6O2S. The van der Waals surface area contributed by atoms with E-state index in [2.05, 4.69) is 23.3 Å². The summed E-state index contributed by atoms with van der Waals surface area (Å²) in [6.07, 6.45) is 4.22. The molecule has 0 amide bonds. The molecule has 8 nitrogen and oxygen atoms in total. The predicted octanol–water partition coefficient (Wildman–Crippen LogP) is 2.40. The lowest BCUT2D eigenvalue weighted by Crippen LogP contribution is -2.28. The smallest absolute Gasteiger partial charge is 0.269 e. The molecule has 0 aromatic heterocycles. The fourth-order valence-corrected chi connectivity index (χ4v) is 3.16. The van der Waals surface area contributed by atoms with Crippen molar-refractivity contribution in [2.24, 2.45) is 5.73 Å². The van der Waals surface area contributed by atoms with Crippen LogP contribution in [0.25, 0.3) is 0 Å². The first-order chi connectivity index (χ1) is 13.0. The summed E-state index contributed by atoms with van der Waals surface area (Å²) in [5, 5.41) is 35.4. The van der Waals surface area contributed by atoms with Gasteiger partial charge in [0, 0.05) is 12.1 Å². The molecule has 1 unspecified atom stereocenters. The lowest BCUT2D eigenvalue weighted by molar-refractivity contribution is -0.384. The van der Waals surface area contributed by atoms with Crippen LogP contribution in [0.2, 0.25) is 0 Å². The molecule has 0 aliphatic carbocycles. The van der Waals surface area contributed by atoms with Crippen LogP contribution in [-0.4, -0.2) is 18.0 Å². The van der Waals surface area contributed by atoms with Gasteiger partial charge in [-0.2, -0.15) is 10.5 Å². The van der Waals surface area contributed by atoms with E-state index in [0.717, 1.165) is 0 Å². The molecule has 1 atom stereocenters. The third kappa shape index (κ3) is 5.00. The maximum Gasteiger partial charge on any atom is 0.269 e. The number of dihydropyridines is 1. The molecular weight excluding hydrogens is 364 g/mol. The van der Waals surface area contributed by atoms with E-state index < -0.39 is 10.8 Å². The maximum atomic E-state index is 10.7. The summed E-state index contributed by atoms with van der Waals surface area (Å²) in [7, 11) is 0. The molecule has 0 spiro atoms. The molecule has 2 aliphatic rings. The number of nitrogens with two attached hydrogens (primary N) is 1. The van der Waals surface area contributed by atoms with Crippen LogP contribution in [0.5, 0.6) is 0 Å². The molecule has 1 aromatic carbocycles. The van der Waals surface area contributed by atoms with Gasteiger partial charge < -0.3 is 16.4 Å². The molecule has 0 radical (unpaired) electrons. The van der Waals surface area contributed by atoms with Crippen LogP contribution in [0.3, 0.4) is 0 Å². The molecule has 1 fully saturated rings. The van der Waals surface area contributed by atoms with Crippen LogP contribution >= 0.6 is 12.6 Å². The fraction of sp³-hybridized carbons (Fsp3) is 0.333. The Kier molecular flexibility index (Phi) is 7.24. The van der Waals surface area contributed by atoms with E-state index >= 15 is 0 Å². The SMILES string of the molecule is C1CCNCC1.N#CC1=C(N)NC(S)=C(C#N)C1c1ccc([N+](=O)[O-])cc1. The first-order valence-corrected chi connectivity index (χ1v) is 8.89. The predicted molar refractivity (Wildman–Crippen MR) is 104 cm³/mol. The normalized spacial score (nSPS) is 19.1. The zero-order chi connectivity index (χ0) is 19.8. The number of hydrogen-bond donors (Lipinski definition) is 4. The summed E-state index contributed by atoms with van der Waals surface area (Å²) in [6.45, 7) is 2.50.